The van der Waals surface area contributed by atoms with Gasteiger partial charge < -0.3 is 9.80 Å². The van der Waals surface area contributed by atoms with Crippen LogP contribution in [0.4, 0.5) is 10.1 Å². The summed E-state index contributed by atoms with van der Waals surface area (Å²) in [4.78, 5) is 22.0. The molecule has 3 aromatic rings. The van der Waals surface area contributed by atoms with Crippen molar-refractivity contribution < 1.29 is 9.18 Å². The second-order valence-corrected chi connectivity index (χ2v) is 6.95. The highest BCUT2D eigenvalue weighted by atomic mass is 19.1. The first-order chi connectivity index (χ1) is 13.1. The number of benzene rings is 1. The number of anilines is 1. The molecule has 0 spiro atoms. The summed E-state index contributed by atoms with van der Waals surface area (Å²) in [5, 5.41) is 0. The number of fused-ring (bicyclic) bond motifs is 1. The van der Waals surface area contributed by atoms with Crippen molar-refractivity contribution in [2.75, 3.05) is 31.1 Å². The number of carbonyl (C=O) groups excluding carboxylic acids is 1. The number of hydrogen-bond donors (Lipinski definition) is 0. The molecule has 6 heteroatoms. The summed E-state index contributed by atoms with van der Waals surface area (Å²) in [6, 6.07) is 10.5. The van der Waals surface area contributed by atoms with Crippen molar-refractivity contribution in [3.63, 3.8) is 0 Å². The third kappa shape index (κ3) is 3.27. The summed E-state index contributed by atoms with van der Waals surface area (Å²) in [6.45, 7) is 6.78. The van der Waals surface area contributed by atoms with Crippen molar-refractivity contribution in [1.29, 1.82) is 0 Å². The van der Waals surface area contributed by atoms with Gasteiger partial charge in [-0.1, -0.05) is 13.0 Å². The van der Waals surface area contributed by atoms with Crippen LogP contribution in [-0.2, 0) is 6.42 Å². The Labute approximate surface area is 158 Å². The second kappa shape index (κ2) is 7.02. The van der Waals surface area contributed by atoms with Gasteiger partial charge in [-0.2, -0.15) is 0 Å². The van der Waals surface area contributed by atoms with E-state index in [9.17, 15) is 9.18 Å². The van der Waals surface area contributed by atoms with Crippen molar-refractivity contribution in [2.24, 2.45) is 0 Å². The van der Waals surface area contributed by atoms with Gasteiger partial charge in [-0.25, -0.2) is 9.37 Å². The molecule has 0 N–H and O–H groups in total. The SMILES string of the molecule is CCc1nc2ccc(C)cn2c1C(=O)N1CCN(c2ccc(F)cc2)CC1. The van der Waals surface area contributed by atoms with Gasteiger partial charge in [0.2, 0.25) is 0 Å². The van der Waals surface area contributed by atoms with E-state index >= 15 is 0 Å². The normalized spacial score (nSPS) is 14.8. The highest BCUT2D eigenvalue weighted by Crippen LogP contribution is 2.20. The van der Waals surface area contributed by atoms with Crippen LogP contribution < -0.4 is 4.90 Å². The molecule has 140 valence electrons. The van der Waals surface area contributed by atoms with E-state index in [1.165, 1.54) is 12.1 Å². The van der Waals surface area contributed by atoms with Crippen LogP contribution in [0.3, 0.4) is 0 Å². The molecule has 0 bridgehead atoms. The summed E-state index contributed by atoms with van der Waals surface area (Å²) in [5.41, 5.74) is 4.41. The molecule has 1 fully saturated rings. The maximum absolute atomic E-state index is 13.3. The Morgan fingerprint density at radius 1 is 1.07 bits per heavy atom. The van der Waals surface area contributed by atoms with Gasteiger partial charge in [0, 0.05) is 38.1 Å². The maximum Gasteiger partial charge on any atom is 0.272 e. The number of pyridine rings is 1. The standard InChI is InChI=1S/C21H23FN4O/c1-3-18-20(26-14-15(2)4-9-19(26)23-18)21(27)25-12-10-24(11-13-25)17-7-5-16(22)6-8-17/h4-9,14H,3,10-13H2,1-2H3. The zero-order valence-electron chi connectivity index (χ0n) is 15.7. The van der Waals surface area contributed by atoms with Crippen LogP contribution in [0.25, 0.3) is 5.65 Å². The first-order valence-electron chi connectivity index (χ1n) is 9.34. The Morgan fingerprint density at radius 2 is 1.78 bits per heavy atom. The summed E-state index contributed by atoms with van der Waals surface area (Å²) >= 11 is 0. The first-order valence-corrected chi connectivity index (χ1v) is 9.34. The predicted octanol–water partition coefficient (Wildman–Crippen LogP) is 3.31. The fourth-order valence-corrected chi connectivity index (χ4v) is 3.64. The summed E-state index contributed by atoms with van der Waals surface area (Å²) in [5.74, 6) is -0.203. The number of amides is 1. The third-order valence-electron chi connectivity index (χ3n) is 5.13. The summed E-state index contributed by atoms with van der Waals surface area (Å²) < 4.78 is 15.0. The fraction of sp³-hybridized carbons (Fsp3) is 0.333. The molecule has 3 heterocycles. The summed E-state index contributed by atoms with van der Waals surface area (Å²) in [6.07, 6.45) is 2.70. The van der Waals surface area contributed by atoms with Gasteiger partial charge in [-0.05, 0) is 49.2 Å². The van der Waals surface area contributed by atoms with Crippen LogP contribution in [0.5, 0.6) is 0 Å². The van der Waals surface area contributed by atoms with Gasteiger partial charge in [0.15, 0.2) is 0 Å². The van der Waals surface area contributed by atoms with E-state index in [-0.39, 0.29) is 11.7 Å². The second-order valence-electron chi connectivity index (χ2n) is 6.95. The molecule has 0 unspecified atom stereocenters. The molecule has 1 aliphatic rings. The summed E-state index contributed by atoms with van der Waals surface area (Å²) in [7, 11) is 0. The molecule has 2 aromatic heterocycles. The molecule has 1 aromatic carbocycles. The predicted molar refractivity (Wildman–Crippen MR) is 104 cm³/mol. The Balaban J connectivity index is 1.55. The molecule has 1 saturated heterocycles. The lowest BCUT2D eigenvalue weighted by molar-refractivity contribution is 0.0738. The minimum Gasteiger partial charge on any atom is -0.368 e. The molecule has 5 nitrogen and oxygen atoms in total. The van der Waals surface area contributed by atoms with Crippen LogP contribution in [0.2, 0.25) is 0 Å². The number of rotatable bonds is 3. The van der Waals surface area contributed by atoms with E-state index in [1.807, 2.05) is 41.5 Å². The quantitative estimate of drug-likeness (QED) is 0.714. The molecule has 4 rings (SSSR count). The zero-order valence-corrected chi connectivity index (χ0v) is 15.7. The van der Waals surface area contributed by atoms with Gasteiger partial charge in [0.25, 0.3) is 5.91 Å². The van der Waals surface area contributed by atoms with Crippen molar-refractivity contribution in [1.82, 2.24) is 14.3 Å². The van der Waals surface area contributed by atoms with Crippen LogP contribution >= 0.6 is 0 Å². The minimum atomic E-state index is -0.234. The Bertz CT molecular complexity index is 972. The van der Waals surface area contributed by atoms with E-state index < -0.39 is 0 Å². The van der Waals surface area contributed by atoms with E-state index in [0.717, 1.165) is 42.1 Å². The van der Waals surface area contributed by atoms with Gasteiger partial charge >= 0.3 is 0 Å². The van der Waals surface area contributed by atoms with Gasteiger partial charge in [-0.3, -0.25) is 9.20 Å². The molecule has 0 radical (unpaired) electrons. The van der Waals surface area contributed by atoms with Crippen molar-refractivity contribution in [3.8, 4) is 0 Å². The van der Waals surface area contributed by atoms with Crippen LogP contribution in [0.15, 0.2) is 42.6 Å². The smallest absolute Gasteiger partial charge is 0.272 e. The maximum atomic E-state index is 13.3. The average molecular weight is 366 g/mol. The van der Waals surface area contributed by atoms with Gasteiger partial charge in [0.1, 0.15) is 17.2 Å². The van der Waals surface area contributed by atoms with Crippen LogP contribution in [0, 0.1) is 12.7 Å². The number of hydrogen-bond acceptors (Lipinski definition) is 3. The largest absolute Gasteiger partial charge is 0.368 e. The van der Waals surface area contributed by atoms with Crippen LogP contribution in [0.1, 0.15) is 28.7 Å². The topological polar surface area (TPSA) is 40.9 Å². The lowest BCUT2D eigenvalue weighted by Gasteiger charge is -2.36. The van der Waals surface area contributed by atoms with E-state index in [1.54, 1.807) is 12.1 Å². The monoisotopic (exact) mass is 366 g/mol. The number of halogens is 1. The number of carbonyl (C=O) groups is 1. The molecule has 0 saturated carbocycles. The molecule has 1 amide bonds. The number of piperazine rings is 1. The highest BCUT2D eigenvalue weighted by molar-refractivity contribution is 5.95. The number of aryl methyl sites for hydroxylation is 2. The van der Waals surface area contributed by atoms with E-state index in [4.69, 9.17) is 0 Å². The van der Waals surface area contributed by atoms with E-state index in [2.05, 4.69) is 9.88 Å². The minimum absolute atomic E-state index is 0.0312. The van der Waals surface area contributed by atoms with Crippen molar-refractivity contribution >= 4 is 17.2 Å². The lowest BCUT2D eigenvalue weighted by atomic mass is 10.2. The molecular weight excluding hydrogens is 343 g/mol. The average Bonchev–Trinajstić information content (AvgIpc) is 3.06. The van der Waals surface area contributed by atoms with E-state index in [0.29, 0.717) is 18.8 Å². The third-order valence-corrected chi connectivity index (χ3v) is 5.13. The molecule has 0 atom stereocenters. The Morgan fingerprint density at radius 3 is 2.44 bits per heavy atom. The van der Waals surface area contributed by atoms with Crippen molar-refractivity contribution in [3.05, 3.63) is 65.4 Å². The Kier molecular flexibility index (Phi) is 4.56. The number of nitrogens with zero attached hydrogens (tertiary/aromatic N) is 4. The Hall–Kier alpha value is -2.89. The number of aromatic nitrogens is 2. The molecule has 1 aliphatic heterocycles. The first kappa shape index (κ1) is 17.5. The van der Waals surface area contributed by atoms with Crippen LogP contribution in [-0.4, -0.2) is 46.4 Å². The zero-order chi connectivity index (χ0) is 19.0. The highest BCUT2D eigenvalue weighted by Gasteiger charge is 2.27. The van der Waals surface area contributed by atoms with Gasteiger partial charge in [0.05, 0.1) is 5.69 Å². The van der Waals surface area contributed by atoms with Crippen molar-refractivity contribution in [2.45, 2.75) is 20.3 Å². The lowest BCUT2D eigenvalue weighted by Crippen LogP contribution is -2.49. The number of imidazole rings is 1. The van der Waals surface area contributed by atoms with Gasteiger partial charge in [-0.15, -0.1) is 0 Å². The molecular formula is C21H23FN4O. The molecule has 27 heavy (non-hydrogen) atoms. The fourth-order valence-electron chi connectivity index (χ4n) is 3.64. The molecule has 0 aliphatic carbocycles.